The summed E-state index contributed by atoms with van der Waals surface area (Å²) in [5.41, 5.74) is 9.56. The number of Topliss-reactive ketones (excluding diaryl/α,β-unsaturated/α-hetero) is 2. The highest BCUT2D eigenvalue weighted by molar-refractivity contribution is 6.03. The largest absolute Gasteiger partial charge is 0.508 e. The molecule has 6 saturated carbocycles. The van der Waals surface area contributed by atoms with Crippen LogP contribution in [0.3, 0.4) is 0 Å². The molecular weight excluding hydrogens is 961 g/mol. The molecule has 2 aromatic carbocycles. The zero-order chi connectivity index (χ0) is 54.2. The van der Waals surface area contributed by atoms with Crippen LogP contribution in [0.4, 0.5) is 5.69 Å². The first-order valence-electron chi connectivity index (χ1n) is 31.0. The van der Waals surface area contributed by atoms with E-state index in [0.717, 1.165) is 125 Å². The highest BCUT2D eigenvalue weighted by Gasteiger charge is 2.79. The Labute approximate surface area is 460 Å². The number of nitrogens with one attached hydrogen (secondary N) is 3. The molecule has 2 saturated heterocycles. The van der Waals surface area contributed by atoms with Crippen molar-refractivity contribution in [1.82, 2.24) is 16.0 Å². The molecule has 0 unspecified atom stereocenters. The van der Waals surface area contributed by atoms with Gasteiger partial charge in [0.25, 0.3) is 0 Å². The van der Waals surface area contributed by atoms with Crippen LogP contribution < -0.4 is 21.7 Å². The van der Waals surface area contributed by atoms with E-state index < -0.39 is 34.1 Å². The van der Waals surface area contributed by atoms with Crippen LogP contribution in [0.1, 0.15) is 179 Å². The SMILES string of the molecule is CNCc1cc(O)cc([C@@H]2C[C@@]3(C)[C@H]4CCC5=C6C(=O)[C@@H]7C[C@H](CNC)[C@H](CC[C@@H]8CC[C@@H](CO)C[C@@H]8[C@@H]6C[C@@H](O)[C@H]6O[C@]6(C)[C@@H]6CCC[C@H]6c6cccc(N)c6)[C@@]4(C[C@@H]4NC[C@](C)(O)CCCC[C@@](C)(C2=O)[C@H]43)[C@]57C)c1. The molecule has 8 aliphatic carbocycles. The lowest BCUT2D eigenvalue weighted by Crippen LogP contribution is -2.75. The molecule has 8 fully saturated rings. The molecule has 0 radical (unpaired) electrons. The molecule has 0 aromatic heterocycles. The number of ether oxygens (including phenoxy) is 1. The standard InChI is InChI=1S/C66H96N4O7/c1-61(76)22-8-9-23-62(2)58-53(70-36-61)32-66-49-19-18-39-17-16-37(35-71)26-46(39)47(30-54(73)60-65(5,77-60)50-15-11-14-45(50)40-12-10-13-43(67)27-40)56-51(64(66,4)52(57(56)74)29-42(49)34-69-7)20-21-55(66)63(58,3)31-48(59(62)75)41-24-38(33-68-6)25-44(72)28-41/h10,12-13,24-25,27-28,37,39,42,45-50,52-55,58,60,68-73,76H,8-9,11,14-23,26,29-36,67H2,1-7H3/t37-,39+,42-,45+,46+,47+,48+,49+,50-,52+,53+,54-,55-,58+,60-,61-,62-,63+,64-,65-,66-/m1/s1. The number of epoxide rings is 1. The number of fused-ring (bicyclic) bond motifs is 2. The third-order valence-corrected chi connectivity index (χ3v) is 25.1. The first kappa shape index (κ1) is 54.4. The number of anilines is 1. The number of hydrogen-bond acceptors (Lipinski definition) is 11. The molecule has 11 heteroatoms. The van der Waals surface area contributed by atoms with Gasteiger partial charge in [0.2, 0.25) is 0 Å². The number of aromatic hydroxyl groups is 1. The van der Waals surface area contributed by atoms with Crippen molar-refractivity contribution in [3.8, 4) is 5.75 Å². The summed E-state index contributed by atoms with van der Waals surface area (Å²) in [5, 5.41) is 58.6. The number of rotatable bonds is 11. The first-order valence-corrected chi connectivity index (χ1v) is 31.0. The lowest BCUT2D eigenvalue weighted by atomic mass is 9.28. The number of aliphatic hydroxyl groups is 3. The summed E-state index contributed by atoms with van der Waals surface area (Å²) in [6, 6.07) is 14.1. The van der Waals surface area contributed by atoms with Crippen LogP contribution in [0, 0.1) is 80.8 Å². The Morgan fingerprint density at radius 1 is 0.870 bits per heavy atom. The summed E-state index contributed by atoms with van der Waals surface area (Å²) in [6.45, 7) is 13.7. The normalized spacial score (nSPS) is 46.7. The Kier molecular flexibility index (Phi) is 14.0. The van der Waals surface area contributed by atoms with Gasteiger partial charge in [-0.1, -0.05) is 63.8 Å². The predicted molar refractivity (Wildman–Crippen MR) is 302 cm³/mol. The maximum Gasteiger partial charge on any atom is 0.163 e. The number of phenols is 1. The van der Waals surface area contributed by atoms with Crippen LogP contribution in [0.25, 0.3) is 0 Å². The average Bonchev–Trinajstić information content (AvgIpc) is 3.74. The molecule has 12 rings (SSSR count). The van der Waals surface area contributed by atoms with Crippen LogP contribution in [-0.2, 0) is 20.9 Å². The molecule has 2 aliphatic heterocycles. The molecule has 2 aromatic rings. The van der Waals surface area contributed by atoms with Crippen molar-refractivity contribution < 1.29 is 34.8 Å². The van der Waals surface area contributed by atoms with Crippen molar-refractivity contribution in [3.63, 3.8) is 0 Å². The van der Waals surface area contributed by atoms with E-state index in [4.69, 9.17) is 10.5 Å². The highest BCUT2D eigenvalue weighted by Crippen LogP contribution is 2.82. The van der Waals surface area contributed by atoms with Crippen molar-refractivity contribution in [1.29, 1.82) is 0 Å². The fourth-order valence-corrected chi connectivity index (χ4v) is 22.2. The molecule has 9 N–H and O–H groups in total. The fourth-order valence-electron chi connectivity index (χ4n) is 22.2. The summed E-state index contributed by atoms with van der Waals surface area (Å²) >= 11 is 0. The van der Waals surface area contributed by atoms with Gasteiger partial charge in [0.15, 0.2) is 5.78 Å². The minimum atomic E-state index is -0.904. The molecule has 11 nitrogen and oxygen atoms in total. The van der Waals surface area contributed by atoms with E-state index in [9.17, 15) is 20.4 Å². The molecule has 0 amide bonds. The van der Waals surface area contributed by atoms with E-state index in [1.165, 1.54) is 11.1 Å². The molecule has 422 valence electrons. The van der Waals surface area contributed by atoms with E-state index >= 15 is 9.59 Å². The Hall–Kier alpha value is -3.16. The van der Waals surface area contributed by atoms with Gasteiger partial charge in [0.05, 0.1) is 17.3 Å². The number of benzene rings is 2. The topological polar surface area (TPSA) is 190 Å². The zero-order valence-corrected chi connectivity index (χ0v) is 47.8. The van der Waals surface area contributed by atoms with Crippen LogP contribution in [0.2, 0.25) is 0 Å². The van der Waals surface area contributed by atoms with Crippen molar-refractivity contribution in [3.05, 3.63) is 70.3 Å². The number of carbonyl (C=O) groups excluding carboxylic acids is 2. The molecule has 77 heavy (non-hydrogen) atoms. The summed E-state index contributed by atoms with van der Waals surface area (Å²) < 4.78 is 6.86. The van der Waals surface area contributed by atoms with Crippen molar-refractivity contribution in [2.45, 2.75) is 198 Å². The van der Waals surface area contributed by atoms with Crippen molar-refractivity contribution in [2.24, 2.45) is 80.8 Å². The van der Waals surface area contributed by atoms with E-state index in [0.29, 0.717) is 61.7 Å². The van der Waals surface area contributed by atoms with Gasteiger partial charge in [-0.05, 0) is 247 Å². The molecule has 5 bridgehead atoms. The molecular formula is C66H96N4O7. The summed E-state index contributed by atoms with van der Waals surface area (Å²) in [4.78, 5) is 32.6. The molecule has 21 atom stereocenters. The number of allylic oxidation sites excluding steroid dienone is 2. The second kappa shape index (κ2) is 19.8. The number of nitrogens with two attached hydrogens (primary N) is 1. The molecule has 1 spiro atoms. The van der Waals surface area contributed by atoms with Gasteiger partial charge in [-0.15, -0.1) is 0 Å². The number of phenolic OH excluding ortho intramolecular Hbond substituents is 1. The van der Waals surface area contributed by atoms with Crippen LogP contribution in [0.15, 0.2) is 53.6 Å². The zero-order valence-electron chi connectivity index (χ0n) is 47.8. The first-order chi connectivity index (χ1) is 36.8. The van der Waals surface area contributed by atoms with Crippen LogP contribution in [0.5, 0.6) is 5.75 Å². The number of hydrogen-bond donors (Lipinski definition) is 8. The Balaban J connectivity index is 1.01. The smallest absolute Gasteiger partial charge is 0.163 e. The van der Waals surface area contributed by atoms with Crippen LogP contribution in [-0.4, -0.2) is 95.2 Å². The third-order valence-electron chi connectivity index (χ3n) is 25.1. The van der Waals surface area contributed by atoms with Crippen molar-refractivity contribution >= 4 is 17.3 Å². The predicted octanol–water partition coefficient (Wildman–Crippen LogP) is 9.75. The molecule has 10 aliphatic rings. The maximum absolute atomic E-state index is 16.6. The van der Waals surface area contributed by atoms with Crippen molar-refractivity contribution in [2.75, 3.05) is 39.5 Å². The second-order valence-corrected chi connectivity index (χ2v) is 29.0. The Morgan fingerprint density at radius 2 is 1.66 bits per heavy atom. The Morgan fingerprint density at radius 3 is 2.43 bits per heavy atom. The van der Waals surface area contributed by atoms with Gasteiger partial charge >= 0.3 is 0 Å². The summed E-state index contributed by atoms with van der Waals surface area (Å²) in [6.07, 6.45) is 14.9. The van der Waals surface area contributed by atoms with E-state index in [1.54, 1.807) is 0 Å². The van der Waals surface area contributed by atoms with Crippen LogP contribution >= 0.6 is 0 Å². The summed E-state index contributed by atoms with van der Waals surface area (Å²) in [7, 11) is 4.01. The van der Waals surface area contributed by atoms with Gasteiger partial charge in [0.1, 0.15) is 17.6 Å². The minimum Gasteiger partial charge on any atom is -0.508 e. The number of ketones is 2. The number of β-amino-alcohol motifs (C(OH)–C–C–N with tert-alkyl or cyclic N) is 1. The molecule has 2 heterocycles. The maximum atomic E-state index is 16.6. The average molecular weight is 1060 g/mol. The number of carbonyl (C=O) groups is 2. The van der Waals surface area contributed by atoms with E-state index in [-0.39, 0.29) is 82.7 Å². The van der Waals surface area contributed by atoms with E-state index in [2.05, 4.69) is 75.0 Å². The van der Waals surface area contributed by atoms with Gasteiger partial charge < -0.3 is 46.8 Å². The summed E-state index contributed by atoms with van der Waals surface area (Å²) in [5.74, 6) is 2.15. The minimum absolute atomic E-state index is 0.00681. The van der Waals surface area contributed by atoms with E-state index in [1.807, 2.05) is 32.2 Å². The quantitative estimate of drug-likeness (QED) is 0.0790. The monoisotopic (exact) mass is 1060 g/mol. The number of aliphatic hydroxyl groups excluding tert-OH is 2. The lowest BCUT2D eigenvalue weighted by molar-refractivity contribution is -0.249. The highest BCUT2D eigenvalue weighted by atomic mass is 16.6. The number of nitrogen functional groups attached to an aromatic ring is 1. The van der Waals surface area contributed by atoms with Gasteiger partial charge in [0, 0.05) is 54.1 Å². The van der Waals surface area contributed by atoms with Gasteiger partial charge in [-0.25, -0.2) is 0 Å². The lowest BCUT2D eigenvalue weighted by Gasteiger charge is -2.76. The second-order valence-electron chi connectivity index (χ2n) is 29.0. The van der Waals surface area contributed by atoms with Gasteiger partial charge in [-0.3, -0.25) is 9.59 Å². The van der Waals surface area contributed by atoms with Gasteiger partial charge in [-0.2, -0.15) is 0 Å². The third kappa shape index (κ3) is 8.38. The Bertz CT molecular complexity index is 2640. The fraction of sp³-hybridized carbons (Fsp3) is 0.758.